The van der Waals surface area contributed by atoms with Crippen molar-refractivity contribution in [1.29, 1.82) is 0 Å². The number of benzene rings is 2. The molecule has 1 saturated heterocycles. The molecule has 1 fully saturated rings. The molecule has 138 valence electrons. The molecule has 0 aliphatic carbocycles. The van der Waals surface area contributed by atoms with Crippen molar-refractivity contribution in [3.63, 3.8) is 0 Å². The lowest BCUT2D eigenvalue weighted by atomic mass is 9.93. The molecule has 2 aromatic carbocycles. The average molecular weight is 352 g/mol. The summed E-state index contributed by atoms with van der Waals surface area (Å²) in [4.78, 5) is 15.2. The van der Waals surface area contributed by atoms with Crippen LogP contribution in [-0.4, -0.2) is 30.5 Å². The molecule has 1 aliphatic heterocycles. The topological polar surface area (TPSA) is 55.6 Å². The van der Waals surface area contributed by atoms with Gasteiger partial charge in [-0.2, -0.15) is 0 Å². The van der Waals surface area contributed by atoms with Gasteiger partial charge in [0, 0.05) is 18.6 Å². The van der Waals surface area contributed by atoms with Gasteiger partial charge < -0.3 is 15.4 Å². The molecule has 0 spiro atoms. The molecule has 3 atom stereocenters. The van der Waals surface area contributed by atoms with Crippen molar-refractivity contribution in [1.82, 2.24) is 4.90 Å². The third-order valence-corrected chi connectivity index (χ3v) is 5.42. The Labute approximate surface area is 156 Å². The van der Waals surface area contributed by atoms with Crippen LogP contribution in [0.4, 0.5) is 0 Å². The highest BCUT2D eigenvalue weighted by Gasteiger charge is 2.34. The predicted molar refractivity (Wildman–Crippen MR) is 104 cm³/mol. The zero-order valence-electron chi connectivity index (χ0n) is 15.6. The highest BCUT2D eigenvalue weighted by atomic mass is 16.5. The summed E-state index contributed by atoms with van der Waals surface area (Å²) < 4.78 is 5.47. The van der Waals surface area contributed by atoms with Gasteiger partial charge in [0.15, 0.2) is 0 Å². The first-order valence-corrected chi connectivity index (χ1v) is 9.34. The standard InChI is InChI=1S/C22H28N2O2/c1-16(21(23)17-9-4-3-5-10-17)22(25)24-14-8-12-19(24)15-18-11-6-7-13-20(18)26-2/h3-7,9-11,13,16,19,21H,8,12,14-15,23H2,1-2H3. The molecule has 0 radical (unpaired) electrons. The Morgan fingerprint density at radius 1 is 1.19 bits per heavy atom. The Kier molecular flexibility index (Phi) is 5.94. The molecule has 2 N–H and O–H groups in total. The predicted octanol–water partition coefficient (Wildman–Crippen LogP) is 3.56. The monoisotopic (exact) mass is 352 g/mol. The van der Waals surface area contributed by atoms with Gasteiger partial charge in [-0.05, 0) is 36.5 Å². The van der Waals surface area contributed by atoms with Gasteiger partial charge in [0.2, 0.25) is 5.91 Å². The molecule has 1 aliphatic rings. The summed E-state index contributed by atoms with van der Waals surface area (Å²) in [5, 5.41) is 0. The number of methoxy groups -OCH3 is 1. The zero-order valence-corrected chi connectivity index (χ0v) is 15.6. The number of carbonyl (C=O) groups is 1. The van der Waals surface area contributed by atoms with Crippen LogP contribution < -0.4 is 10.5 Å². The lowest BCUT2D eigenvalue weighted by molar-refractivity contribution is -0.136. The summed E-state index contributed by atoms with van der Waals surface area (Å²) in [5.74, 6) is 0.801. The molecule has 2 aromatic rings. The van der Waals surface area contributed by atoms with E-state index in [2.05, 4.69) is 6.07 Å². The van der Waals surface area contributed by atoms with E-state index in [1.54, 1.807) is 7.11 Å². The van der Waals surface area contributed by atoms with Crippen molar-refractivity contribution < 1.29 is 9.53 Å². The normalized spacial score (nSPS) is 19.2. The van der Waals surface area contributed by atoms with E-state index in [-0.39, 0.29) is 23.9 Å². The molecule has 3 rings (SSSR count). The second-order valence-electron chi connectivity index (χ2n) is 7.07. The van der Waals surface area contributed by atoms with Crippen LogP contribution in [0.15, 0.2) is 54.6 Å². The maximum Gasteiger partial charge on any atom is 0.227 e. The zero-order chi connectivity index (χ0) is 18.5. The minimum atomic E-state index is -0.281. The molecule has 4 heteroatoms. The highest BCUT2D eigenvalue weighted by Crippen LogP contribution is 2.29. The van der Waals surface area contributed by atoms with Crippen LogP contribution in [0, 0.1) is 5.92 Å². The number of nitrogens with two attached hydrogens (primary N) is 1. The molecule has 0 saturated carbocycles. The summed E-state index contributed by atoms with van der Waals surface area (Å²) >= 11 is 0. The highest BCUT2D eigenvalue weighted by molar-refractivity contribution is 5.80. The molecule has 4 nitrogen and oxygen atoms in total. The van der Waals surface area contributed by atoms with Gasteiger partial charge >= 0.3 is 0 Å². The molecule has 26 heavy (non-hydrogen) atoms. The lowest BCUT2D eigenvalue weighted by Crippen LogP contribution is -2.42. The number of likely N-dealkylation sites (tertiary alicyclic amines) is 1. The molecule has 0 bridgehead atoms. The maximum atomic E-state index is 13.1. The van der Waals surface area contributed by atoms with E-state index in [0.29, 0.717) is 0 Å². The van der Waals surface area contributed by atoms with Crippen molar-refractivity contribution in [2.24, 2.45) is 11.7 Å². The summed E-state index contributed by atoms with van der Waals surface area (Å²) in [7, 11) is 1.69. The SMILES string of the molecule is COc1ccccc1CC1CCCN1C(=O)C(C)C(N)c1ccccc1. The van der Waals surface area contributed by atoms with E-state index < -0.39 is 0 Å². The van der Waals surface area contributed by atoms with Crippen LogP contribution in [0.3, 0.4) is 0 Å². The number of amides is 1. The molecule has 0 aromatic heterocycles. The summed E-state index contributed by atoms with van der Waals surface area (Å²) in [5.41, 5.74) is 8.54. The van der Waals surface area contributed by atoms with Crippen molar-refractivity contribution >= 4 is 5.91 Å². The Morgan fingerprint density at radius 2 is 1.88 bits per heavy atom. The Hall–Kier alpha value is -2.33. The van der Waals surface area contributed by atoms with Gasteiger partial charge in [-0.1, -0.05) is 55.5 Å². The second-order valence-corrected chi connectivity index (χ2v) is 7.07. The van der Waals surface area contributed by atoms with Gasteiger partial charge in [-0.15, -0.1) is 0 Å². The smallest absolute Gasteiger partial charge is 0.227 e. The fourth-order valence-corrected chi connectivity index (χ4v) is 3.84. The lowest BCUT2D eigenvalue weighted by Gasteiger charge is -2.30. The maximum absolute atomic E-state index is 13.1. The molecule has 3 unspecified atom stereocenters. The number of ether oxygens (including phenoxy) is 1. The third kappa shape index (κ3) is 3.91. The summed E-state index contributed by atoms with van der Waals surface area (Å²) in [6, 6.07) is 17.9. The third-order valence-electron chi connectivity index (χ3n) is 5.42. The van der Waals surface area contributed by atoms with Crippen LogP contribution in [0.5, 0.6) is 5.75 Å². The van der Waals surface area contributed by atoms with E-state index in [9.17, 15) is 4.79 Å². The van der Waals surface area contributed by atoms with E-state index >= 15 is 0 Å². The van der Waals surface area contributed by atoms with Crippen LogP contribution in [0.1, 0.15) is 36.9 Å². The first-order valence-electron chi connectivity index (χ1n) is 9.34. The minimum absolute atomic E-state index is 0.152. The minimum Gasteiger partial charge on any atom is -0.496 e. The summed E-state index contributed by atoms with van der Waals surface area (Å²) in [6.07, 6.45) is 2.89. The number of carbonyl (C=O) groups excluding carboxylic acids is 1. The first-order chi connectivity index (χ1) is 12.6. The quantitative estimate of drug-likeness (QED) is 0.865. The number of rotatable bonds is 6. The molecule has 1 amide bonds. The van der Waals surface area contributed by atoms with Crippen molar-refractivity contribution in [3.8, 4) is 5.75 Å². The van der Waals surface area contributed by atoms with E-state index in [4.69, 9.17) is 10.5 Å². The number of hydrogen-bond donors (Lipinski definition) is 1. The van der Waals surface area contributed by atoms with Gasteiger partial charge in [-0.3, -0.25) is 4.79 Å². The van der Waals surface area contributed by atoms with Crippen molar-refractivity contribution in [2.75, 3.05) is 13.7 Å². The Morgan fingerprint density at radius 3 is 2.62 bits per heavy atom. The number of para-hydroxylation sites is 1. The van der Waals surface area contributed by atoms with Crippen molar-refractivity contribution in [2.45, 2.75) is 38.3 Å². The molecular formula is C22H28N2O2. The van der Waals surface area contributed by atoms with Gasteiger partial charge in [0.05, 0.1) is 13.0 Å². The fourth-order valence-electron chi connectivity index (χ4n) is 3.84. The van der Waals surface area contributed by atoms with Gasteiger partial charge in [0.1, 0.15) is 5.75 Å². The van der Waals surface area contributed by atoms with Crippen LogP contribution in [-0.2, 0) is 11.2 Å². The molecular weight excluding hydrogens is 324 g/mol. The average Bonchev–Trinajstić information content (AvgIpc) is 3.15. The number of nitrogens with zero attached hydrogens (tertiary/aromatic N) is 1. The van der Waals surface area contributed by atoms with Gasteiger partial charge in [-0.25, -0.2) is 0 Å². The second kappa shape index (κ2) is 8.37. The number of hydrogen-bond acceptors (Lipinski definition) is 3. The van der Waals surface area contributed by atoms with Crippen LogP contribution in [0.25, 0.3) is 0 Å². The fraction of sp³-hybridized carbons (Fsp3) is 0.409. The van der Waals surface area contributed by atoms with E-state index in [1.165, 1.54) is 0 Å². The largest absolute Gasteiger partial charge is 0.496 e. The van der Waals surface area contributed by atoms with E-state index in [1.807, 2.05) is 60.4 Å². The summed E-state index contributed by atoms with van der Waals surface area (Å²) in [6.45, 7) is 2.75. The van der Waals surface area contributed by atoms with Crippen LogP contribution in [0.2, 0.25) is 0 Å². The molecule has 1 heterocycles. The Balaban J connectivity index is 1.72. The van der Waals surface area contributed by atoms with E-state index in [0.717, 1.165) is 42.7 Å². The van der Waals surface area contributed by atoms with Crippen molar-refractivity contribution in [3.05, 3.63) is 65.7 Å². The Bertz CT molecular complexity index is 732. The van der Waals surface area contributed by atoms with Crippen LogP contribution >= 0.6 is 0 Å². The van der Waals surface area contributed by atoms with Gasteiger partial charge in [0.25, 0.3) is 0 Å². The first kappa shape index (κ1) is 18.5.